The van der Waals surface area contributed by atoms with Crippen molar-refractivity contribution in [2.75, 3.05) is 17.4 Å². The summed E-state index contributed by atoms with van der Waals surface area (Å²) in [6.07, 6.45) is 1.59. The molecule has 3 aromatic rings. The third kappa shape index (κ3) is 8.22. The van der Waals surface area contributed by atoms with Crippen molar-refractivity contribution in [3.8, 4) is 0 Å². The summed E-state index contributed by atoms with van der Waals surface area (Å²) >= 11 is 12.5. The second-order valence-corrected chi connectivity index (χ2v) is 12.3. The van der Waals surface area contributed by atoms with Gasteiger partial charge in [0.2, 0.25) is 11.8 Å². The summed E-state index contributed by atoms with van der Waals surface area (Å²) in [7, 11) is -4.19. The fourth-order valence-electron chi connectivity index (χ4n) is 4.27. The van der Waals surface area contributed by atoms with Crippen molar-refractivity contribution < 1.29 is 18.0 Å². The minimum absolute atomic E-state index is 0.0105. The number of hydrogen-bond acceptors (Lipinski definition) is 4. The summed E-state index contributed by atoms with van der Waals surface area (Å²) in [5.41, 5.74) is 1.14. The number of benzene rings is 3. The molecule has 0 saturated carbocycles. The molecule has 0 aliphatic heterocycles. The van der Waals surface area contributed by atoms with Gasteiger partial charge in [-0.05, 0) is 62.1 Å². The van der Waals surface area contributed by atoms with Gasteiger partial charge in [0.15, 0.2) is 0 Å². The van der Waals surface area contributed by atoms with Crippen LogP contribution >= 0.6 is 23.2 Å². The Labute approximate surface area is 247 Å². The molecule has 0 heterocycles. The van der Waals surface area contributed by atoms with E-state index in [2.05, 4.69) is 5.32 Å². The van der Waals surface area contributed by atoms with E-state index < -0.39 is 28.5 Å². The van der Waals surface area contributed by atoms with Crippen molar-refractivity contribution in [1.82, 2.24) is 10.2 Å². The Hall–Kier alpha value is -3.07. The highest BCUT2D eigenvalue weighted by atomic mass is 35.5. The highest BCUT2D eigenvalue weighted by Gasteiger charge is 2.34. The fraction of sp³-hybridized carbons (Fsp3) is 0.333. The van der Waals surface area contributed by atoms with Gasteiger partial charge in [0.05, 0.1) is 10.6 Å². The molecule has 2 atom stereocenters. The van der Waals surface area contributed by atoms with Gasteiger partial charge >= 0.3 is 0 Å². The molecule has 3 aromatic carbocycles. The van der Waals surface area contributed by atoms with Gasteiger partial charge in [-0.15, -0.1) is 0 Å². The molecule has 2 unspecified atom stereocenters. The molecule has 0 spiro atoms. The number of nitrogens with zero attached hydrogens (tertiary/aromatic N) is 2. The van der Waals surface area contributed by atoms with Crippen LogP contribution in [0.4, 0.5) is 5.69 Å². The largest absolute Gasteiger partial charge is 0.352 e. The van der Waals surface area contributed by atoms with Gasteiger partial charge in [-0.3, -0.25) is 13.9 Å². The molecule has 0 bridgehead atoms. The number of rotatable bonds is 13. The zero-order chi connectivity index (χ0) is 29.3. The number of nitrogens with one attached hydrogen (secondary N) is 1. The van der Waals surface area contributed by atoms with Crippen LogP contribution in [0.5, 0.6) is 0 Å². The second-order valence-electron chi connectivity index (χ2n) is 9.52. The Balaban J connectivity index is 2.03. The van der Waals surface area contributed by atoms with E-state index in [4.69, 9.17) is 23.2 Å². The number of sulfonamides is 1. The highest BCUT2D eigenvalue weighted by molar-refractivity contribution is 7.92. The maximum absolute atomic E-state index is 14.0. The van der Waals surface area contributed by atoms with Crippen molar-refractivity contribution in [1.29, 1.82) is 0 Å². The summed E-state index contributed by atoms with van der Waals surface area (Å²) in [6.45, 7) is 5.38. The van der Waals surface area contributed by atoms with Crippen LogP contribution in [0, 0.1) is 0 Å². The summed E-state index contributed by atoms with van der Waals surface area (Å²) in [4.78, 5) is 28.8. The van der Waals surface area contributed by atoms with Gasteiger partial charge in [0, 0.05) is 22.6 Å². The zero-order valence-electron chi connectivity index (χ0n) is 22.9. The number of anilines is 1. The molecule has 0 aromatic heterocycles. The third-order valence-corrected chi connectivity index (χ3v) is 8.84. The number of halogens is 2. The van der Waals surface area contributed by atoms with Crippen molar-refractivity contribution in [3.63, 3.8) is 0 Å². The van der Waals surface area contributed by atoms with E-state index in [0.717, 1.165) is 16.3 Å². The van der Waals surface area contributed by atoms with Crippen molar-refractivity contribution in [2.45, 2.75) is 57.0 Å². The maximum atomic E-state index is 14.0. The number of carbonyl (C=O) groups is 2. The standard InChI is InChI=1S/C30H35Cl2N3O4S/c1-4-22(3)33-30(37)28(5-2)34(17-16-23-12-8-6-9-13-23)29(36)21-35(26-19-24(31)18-25(32)20-26)40(38,39)27-14-10-7-11-15-27/h6-15,18-20,22,28H,4-5,16-17,21H2,1-3H3,(H,33,37). The molecule has 0 aliphatic rings. The predicted molar refractivity (Wildman–Crippen MR) is 161 cm³/mol. The number of carbonyl (C=O) groups excluding carboxylic acids is 2. The average Bonchev–Trinajstić information content (AvgIpc) is 2.94. The second kappa shape index (κ2) is 14.5. The summed E-state index contributed by atoms with van der Waals surface area (Å²) < 4.78 is 28.7. The fourth-order valence-corrected chi connectivity index (χ4v) is 6.20. The molecule has 214 valence electrons. The smallest absolute Gasteiger partial charge is 0.264 e. The van der Waals surface area contributed by atoms with Crippen LogP contribution in [0.25, 0.3) is 0 Å². The average molecular weight is 605 g/mol. The lowest BCUT2D eigenvalue weighted by molar-refractivity contribution is -0.139. The molecule has 10 heteroatoms. The molecule has 0 aliphatic carbocycles. The summed E-state index contributed by atoms with van der Waals surface area (Å²) in [6, 6.07) is 21.0. The van der Waals surface area contributed by atoms with Crippen LogP contribution in [0.15, 0.2) is 83.8 Å². The lowest BCUT2D eigenvalue weighted by Gasteiger charge is -2.33. The molecular formula is C30H35Cl2N3O4S. The molecule has 7 nitrogen and oxygen atoms in total. The molecule has 40 heavy (non-hydrogen) atoms. The highest BCUT2D eigenvalue weighted by Crippen LogP contribution is 2.30. The van der Waals surface area contributed by atoms with E-state index in [1.807, 2.05) is 51.1 Å². The molecule has 2 amide bonds. The van der Waals surface area contributed by atoms with Crippen LogP contribution in [0.3, 0.4) is 0 Å². The lowest BCUT2D eigenvalue weighted by Crippen LogP contribution is -2.54. The third-order valence-electron chi connectivity index (χ3n) is 6.62. The van der Waals surface area contributed by atoms with Crippen molar-refractivity contribution in [3.05, 3.63) is 94.5 Å². The van der Waals surface area contributed by atoms with Crippen molar-refractivity contribution in [2.24, 2.45) is 0 Å². The maximum Gasteiger partial charge on any atom is 0.264 e. The van der Waals surface area contributed by atoms with E-state index in [-0.39, 0.29) is 39.1 Å². The topological polar surface area (TPSA) is 86.8 Å². The Morgan fingerprint density at radius 2 is 1.45 bits per heavy atom. The van der Waals surface area contributed by atoms with Gasteiger partial charge in [-0.2, -0.15) is 0 Å². The van der Waals surface area contributed by atoms with Gasteiger partial charge in [0.25, 0.3) is 10.0 Å². The monoisotopic (exact) mass is 603 g/mol. The molecule has 0 fully saturated rings. The van der Waals surface area contributed by atoms with Gasteiger partial charge < -0.3 is 10.2 Å². The Kier molecular flexibility index (Phi) is 11.4. The molecule has 0 radical (unpaired) electrons. The molecule has 0 saturated heterocycles. The minimum Gasteiger partial charge on any atom is -0.352 e. The first-order valence-corrected chi connectivity index (χ1v) is 15.4. The summed E-state index contributed by atoms with van der Waals surface area (Å²) in [5, 5.41) is 3.42. The van der Waals surface area contributed by atoms with Gasteiger partial charge in [0.1, 0.15) is 12.6 Å². The molecule has 1 N–H and O–H groups in total. The van der Waals surface area contributed by atoms with Crippen LogP contribution in [-0.2, 0) is 26.0 Å². The first-order valence-electron chi connectivity index (χ1n) is 13.2. The Morgan fingerprint density at radius 3 is 2.00 bits per heavy atom. The Bertz CT molecular complexity index is 1370. The van der Waals surface area contributed by atoms with E-state index in [1.165, 1.54) is 35.2 Å². The Morgan fingerprint density at radius 1 is 0.875 bits per heavy atom. The first kappa shape index (κ1) is 31.5. The molecule has 3 rings (SSSR count). The van der Waals surface area contributed by atoms with E-state index in [0.29, 0.717) is 12.8 Å². The number of hydrogen-bond donors (Lipinski definition) is 1. The van der Waals surface area contributed by atoms with E-state index in [1.54, 1.807) is 18.2 Å². The van der Waals surface area contributed by atoms with Crippen molar-refractivity contribution >= 4 is 50.7 Å². The minimum atomic E-state index is -4.19. The first-order chi connectivity index (χ1) is 19.1. The quantitative estimate of drug-likeness (QED) is 0.261. The van der Waals surface area contributed by atoms with Gasteiger partial charge in [-0.1, -0.05) is 85.6 Å². The van der Waals surface area contributed by atoms with Gasteiger partial charge in [-0.25, -0.2) is 8.42 Å². The predicted octanol–water partition coefficient (Wildman–Crippen LogP) is 5.95. The van der Waals surface area contributed by atoms with Crippen LogP contribution < -0.4 is 9.62 Å². The SMILES string of the molecule is CCC(C)NC(=O)C(CC)N(CCc1ccccc1)C(=O)CN(c1cc(Cl)cc(Cl)c1)S(=O)(=O)c1ccccc1. The van der Waals surface area contributed by atoms with E-state index >= 15 is 0 Å². The lowest BCUT2D eigenvalue weighted by atomic mass is 10.1. The van der Waals surface area contributed by atoms with Crippen LogP contribution in [0.2, 0.25) is 10.0 Å². The zero-order valence-corrected chi connectivity index (χ0v) is 25.2. The summed E-state index contributed by atoms with van der Waals surface area (Å²) in [5.74, 6) is -0.792. The molecular weight excluding hydrogens is 569 g/mol. The van der Waals surface area contributed by atoms with Crippen LogP contribution in [-0.4, -0.2) is 50.3 Å². The van der Waals surface area contributed by atoms with Crippen LogP contribution in [0.1, 0.15) is 39.2 Å². The van der Waals surface area contributed by atoms with E-state index in [9.17, 15) is 18.0 Å². The number of amides is 2. The normalized spacial score (nSPS) is 12.8.